The fraction of sp³-hybridized carbons (Fsp3) is 0.200. The average molecular weight is 165 g/mol. The van der Waals surface area contributed by atoms with E-state index >= 15 is 0 Å². The molecule has 1 aromatic rings. The van der Waals surface area contributed by atoms with Gasteiger partial charge in [0, 0.05) is 12.0 Å². The number of hydrogen-bond donors (Lipinski definition) is 0. The van der Waals surface area contributed by atoms with Crippen molar-refractivity contribution < 1.29 is 9.18 Å². The quantitative estimate of drug-likeness (QED) is 0.615. The summed E-state index contributed by atoms with van der Waals surface area (Å²) in [5.74, 6) is -0.469. The van der Waals surface area contributed by atoms with Crippen LogP contribution in [0.2, 0.25) is 0 Å². The SMILES string of the molecule is [CH2]c1ccc(C(=O)CC)cc1F. The van der Waals surface area contributed by atoms with Crippen LogP contribution in [0.4, 0.5) is 4.39 Å². The van der Waals surface area contributed by atoms with Gasteiger partial charge in [0.2, 0.25) is 0 Å². The van der Waals surface area contributed by atoms with Gasteiger partial charge in [-0.1, -0.05) is 19.1 Å². The minimum absolute atomic E-state index is 0.0473. The van der Waals surface area contributed by atoms with Crippen LogP contribution in [0.3, 0.4) is 0 Å². The molecule has 0 aliphatic rings. The molecule has 1 nitrogen and oxygen atoms in total. The van der Waals surface area contributed by atoms with Crippen molar-refractivity contribution in [1.29, 1.82) is 0 Å². The van der Waals surface area contributed by atoms with Gasteiger partial charge < -0.3 is 0 Å². The van der Waals surface area contributed by atoms with Crippen LogP contribution in [0.1, 0.15) is 29.3 Å². The molecule has 0 saturated carbocycles. The Labute approximate surface area is 71.2 Å². The van der Waals surface area contributed by atoms with Crippen LogP contribution in [-0.4, -0.2) is 5.78 Å². The van der Waals surface area contributed by atoms with Gasteiger partial charge in [0.15, 0.2) is 5.78 Å². The Morgan fingerprint density at radius 1 is 1.58 bits per heavy atom. The largest absolute Gasteiger partial charge is 0.294 e. The molecule has 1 radical (unpaired) electrons. The molecular formula is C10H10FO. The van der Waals surface area contributed by atoms with Crippen LogP contribution < -0.4 is 0 Å². The number of rotatable bonds is 2. The van der Waals surface area contributed by atoms with Gasteiger partial charge >= 0.3 is 0 Å². The zero-order valence-electron chi connectivity index (χ0n) is 6.93. The third-order valence-electron chi connectivity index (χ3n) is 1.70. The van der Waals surface area contributed by atoms with Crippen molar-refractivity contribution in [2.24, 2.45) is 0 Å². The van der Waals surface area contributed by atoms with E-state index in [1.807, 2.05) is 0 Å². The molecule has 0 aliphatic carbocycles. The Hall–Kier alpha value is -1.18. The third-order valence-corrected chi connectivity index (χ3v) is 1.70. The highest BCUT2D eigenvalue weighted by molar-refractivity contribution is 5.95. The molecule has 0 aliphatic heterocycles. The highest BCUT2D eigenvalue weighted by Gasteiger charge is 2.04. The third kappa shape index (κ3) is 1.70. The van der Waals surface area contributed by atoms with Crippen LogP contribution in [0.5, 0.6) is 0 Å². The van der Waals surface area contributed by atoms with Crippen LogP contribution in [-0.2, 0) is 0 Å². The summed E-state index contributed by atoms with van der Waals surface area (Å²) < 4.78 is 12.9. The summed E-state index contributed by atoms with van der Waals surface area (Å²) >= 11 is 0. The Kier molecular flexibility index (Phi) is 2.58. The predicted molar refractivity (Wildman–Crippen MR) is 45.5 cm³/mol. The van der Waals surface area contributed by atoms with Gasteiger partial charge in [-0.2, -0.15) is 0 Å². The summed E-state index contributed by atoms with van der Waals surface area (Å²) in [6.45, 7) is 5.21. The van der Waals surface area contributed by atoms with Crippen molar-refractivity contribution in [2.45, 2.75) is 13.3 Å². The molecule has 0 heterocycles. The number of carbonyl (C=O) groups excluding carboxylic acids is 1. The maximum Gasteiger partial charge on any atom is 0.162 e. The summed E-state index contributed by atoms with van der Waals surface area (Å²) in [5.41, 5.74) is 0.741. The van der Waals surface area contributed by atoms with E-state index in [-0.39, 0.29) is 5.78 Å². The average Bonchev–Trinajstić information content (AvgIpc) is 2.08. The lowest BCUT2D eigenvalue weighted by Gasteiger charge is -1.99. The number of Topliss-reactive ketones (excluding diaryl/α,β-unsaturated/α-hetero) is 1. The standard InChI is InChI=1S/C10H10FO/c1-3-10(12)8-5-4-7(2)9(11)6-8/h4-6H,2-3H2,1H3. The van der Waals surface area contributed by atoms with Gasteiger partial charge in [-0.15, -0.1) is 0 Å². The van der Waals surface area contributed by atoms with Crippen LogP contribution in [0.15, 0.2) is 18.2 Å². The molecule has 63 valence electrons. The van der Waals surface area contributed by atoms with E-state index in [2.05, 4.69) is 6.92 Å². The zero-order chi connectivity index (χ0) is 9.14. The molecule has 1 aromatic carbocycles. The van der Waals surface area contributed by atoms with Gasteiger partial charge in [0.25, 0.3) is 0 Å². The van der Waals surface area contributed by atoms with E-state index < -0.39 is 5.82 Å². The van der Waals surface area contributed by atoms with Crippen LogP contribution in [0.25, 0.3) is 0 Å². The maximum absolute atomic E-state index is 12.9. The number of carbonyl (C=O) groups is 1. The highest BCUT2D eigenvalue weighted by atomic mass is 19.1. The minimum Gasteiger partial charge on any atom is -0.294 e. The highest BCUT2D eigenvalue weighted by Crippen LogP contribution is 2.10. The molecule has 0 amide bonds. The second kappa shape index (κ2) is 3.48. The normalized spacial score (nSPS) is 9.92. The van der Waals surface area contributed by atoms with E-state index in [1.165, 1.54) is 12.1 Å². The molecule has 12 heavy (non-hydrogen) atoms. The van der Waals surface area contributed by atoms with E-state index in [4.69, 9.17) is 0 Å². The molecule has 0 unspecified atom stereocenters. The molecule has 0 saturated heterocycles. The molecule has 0 spiro atoms. The van der Waals surface area contributed by atoms with Gasteiger partial charge in [-0.3, -0.25) is 4.79 Å². The predicted octanol–water partition coefficient (Wildman–Crippen LogP) is 2.60. The molecule has 2 heteroatoms. The van der Waals surface area contributed by atoms with Gasteiger partial charge in [-0.25, -0.2) is 4.39 Å². The Morgan fingerprint density at radius 3 is 2.75 bits per heavy atom. The van der Waals surface area contributed by atoms with Gasteiger partial charge in [0.1, 0.15) is 5.82 Å². The molecule has 0 fully saturated rings. The molecule has 0 atom stereocenters. The van der Waals surface area contributed by atoms with E-state index in [0.717, 1.165) is 0 Å². The number of benzene rings is 1. The Balaban J connectivity index is 3.05. The monoisotopic (exact) mass is 165 g/mol. The summed E-state index contributed by atoms with van der Waals surface area (Å²) in [6, 6.07) is 4.34. The molecular weight excluding hydrogens is 155 g/mol. The lowest BCUT2D eigenvalue weighted by Crippen LogP contribution is -1.97. The van der Waals surface area contributed by atoms with Crippen molar-refractivity contribution in [2.75, 3.05) is 0 Å². The second-order valence-corrected chi connectivity index (χ2v) is 2.58. The lowest BCUT2D eigenvalue weighted by molar-refractivity contribution is 0.0987. The fourth-order valence-electron chi connectivity index (χ4n) is 0.925. The van der Waals surface area contributed by atoms with E-state index in [1.54, 1.807) is 13.0 Å². The maximum atomic E-state index is 12.9. The molecule has 0 N–H and O–H groups in total. The summed E-state index contributed by atoms with van der Waals surface area (Å²) in [5, 5.41) is 0. The van der Waals surface area contributed by atoms with E-state index in [0.29, 0.717) is 17.5 Å². The first-order chi connectivity index (χ1) is 5.65. The first-order valence-corrected chi connectivity index (χ1v) is 3.80. The fourth-order valence-corrected chi connectivity index (χ4v) is 0.925. The smallest absolute Gasteiger partial charge is 0.162 e. The van der Waals surface area contributed by atoms with Crippen molar-refractivity contribution in [3.63, 3.8) is 0 Å². The Bertz CT molecular complexity index is 305. The lowest BCUT2D eigenvalue weighted by atomic mass is 10.1. The van der Waals surface area contributed by atoms with Crippen LogP contribution >= 0.6 is 0 Å². The van der Waals surface area contributed by atoms with Crippen LogP contribution in [0, 0.1) is 12.7 Å². The zero-order valence-corrected chi connectivity index (χ0v) is 6.93. The first kappa shape index (κ1) is 8.91. The molecule has 0 bridgehead atoms. The molecule has 1 rings (SSSR count). The first-order valence-electron chi connectivity index (χ1n) is 3.80. The summed E-state index contributed by atoms with van der Waals surface area (Å²) in [7, 11) is 0. The van der Waals surface area contributed by atoms with Gasteiger partial charge in [0.05, 0.1) is 0 Å². The van der Waals surface area contributed by atoms with Gasteiger partial charge in [-0.05, 0) is 18.6 Å². The number of hydrogen-bond acceptors (Lipinski definition) is 1. The topological polar surface area (TPSA) is 17.1 Å². The number of halogens is 1. The summed E-state index contributed by atoms with van der Waals surface area (Å²) in [4.78, 5) is 11.1. The van der Waals surface area contributed by atoms with E-state index in [9.17, 15) is 9.18 Å². The van der Waals surface area contributed by atoms with Crippen molar-refractivity contribution in [3.05, 3.63) is 42.1 Å². The van der Waals surface area contributed by atoms with Crippen molar-refractivity contribution >= 4 is 5.78 Å². The second-order valence-electron chi connectivity index (χ2n) is 2.58. The summed E-state index contributed by atoms with van der Waals surface area (Å²) in [6.07, 6.45) is 0.399. The molecule has 0 aromatic heterocycles. The Morgan fingerprint density at radius 2 is 2.25 bits per heavy atom. The van der Waals surface area contributed by atoms with Crippen molar-refractivity contribution in [3.8, 4) is 0 Å². The minimum atomic E-state index is -0.422. The number of ketones is 1. The van der Waals surface area contributed by atoms with Crippen molar-refractivity contribution in [1.82, 2.24) is 0 Å².